The highest BCUT2D eigenvalue weighted by atomic mass is 15.2. The molecule has 3 nitrogen and oxygen atoms in total. The Kier molecular flexibility index (Phi) is 3.79. The molecule has 18 heavy (non-hydrogen) atoms. The Hall–Kier alpha value is -1.25. The molecule has 2 rings (SSSR count). The molecule has 2 heterocycles. The lowest BCUT2D eigenvalue weighted by molar-refractivity contribution is 0.199. The lowest BCUT2D eigenvalue weighted by atomic mass is 9.74. The largest absolute Gasteiger partial charge is 0.396 e. The van der Waals surface area contributed by atoms with E-state index in [2.05, 4.69) is 23.7 Å². The van der Waals surface area contributed by atoms with Gasteiger partial charge in [0.1, 0.15) is 0 Å². The minimum Gasteiger partial charge on any atom is -0.396 e. The summed E-state index contributed by atoms with van der Waals surface area (Å²) < 4.78 is 0. The summed E-state index contributed by atoms with van der Waals surface area (Å²) in [6, 6.07) is 1.98. The molecule has 1 aliphatic rings. The van der Waals surface area contributed by atoms with Gasteiger partial charge in [-0.05, 0) is 36.8 Å². The van der Waals surface area contributed by atoms with Crippen LogP contribution in [0.3, 0.4) is 0 Å². The van der Waals surface area contributed by atoms with E-state index in [1.165, 1.54) is 25.7 Å². The predicted octanol–water partition coefficient (Wildman–Crippen LogP) is 3.38. The molecule has 3 heteroatoms. The molecule has 0 atom stereocenters. The van der Waals surface area contributed by atoms with Crippen LogP contribution in [-0.4, -0.2) is 18.1 Å². The van der Waals surface area contributed by atoms with Gasteiger partial charge in [0.2, 0.25) is 0 Å². The van der Waals surface area contributed by atoms with Gasteiger partial charge in [0.05, 0.1) is 5.69 Å². The second-order valence-electron chi connectivity index (χ2n) is 5.56. The third kappa shape index (κ3) is 2.31. The first-order valence-electron chi connectivity index (χ1n) is 7.08. The maximum absolute atomic E-state index is 6.14. The van der Waals surface area contributed by atoms with E-state index in [4.69, 9.17) is 5.73 Å². The van der Waals surface area contributed by atoms with E-state index < -0.39 is 0 Å². The molecule has 0 bridgehead atoms. The van der Waals surface area contributed by atoms with Crippen LogP contribution in [0.5, 0.6) is 0 Å². The van der Waals surface area contributed by atoms with Gasteiger partial charge < -0.3 is 10.6 Å². The first-order chi connectivity index (χ1) is 8.62. The van der Waals surface area contributed by atoms with Crippen molar-refractivity contribution in [3.63, 3.8) is 0 Å². The number of anilines is 2. The summed E-state index contributed by atoms with van der Waals surface area (Å²) in [5, 5.41) is 0. The molecule has 1 aromatic heterocycles. The molecule has 1 saturated heterocycles. The number of pyridine rings is 1. The second kappa shape index (κ2) is 5.17. The molecule has 0 radical (unpaired) electrons. The quantitative estimate of drug-likeness (QED) is 0.890. The molecule has 0 amide bonds. The minimum atomic E-state index is 0.551. The third-order valence-electron chi connectivity index (χ3n) is 4.81. The van der Waals surface area contributed by atoms with Gasteiger partial charge in [0.25, 0.3) is 0 Å². The fourth-order valence-electron chi connectivity index (χ4n) is 2.96. The van der Waals surface area contributed by atoms with Crippen LogP contribution in [0, 0.1) is 12.3 Å². The Labute approximate surface area is 110 Å². The fourth-order valence-corrected chi connectivity index (χ4v) is 2.96. The van der Waals surface area contributed by atoms with Crippen molar-refractivity contribution in [1.82, 2.24) is 4.98 Å². The molecular weight excluding hydrogens is 222 g/mol. The summed E-state index contributed by atoms with van der Waals surface area (Å²) in [4.78, 5) is 6.82. The monoisotopic (exact) mass is 247 g/mol. The zero-order chi connectivity index (χ0) is 13.2. The first kappa shape index (κ1) is 13.2. The number of aryl methyl sites for hydroxylation is 1. The van der Waals surface area contributed by atoms with Crippen molar-refractivity contribution in [3.05, 3.63) is 17.8 Å². The van der Waals surface area contributed by atoms with E-state index in [0.29, 0.717) is 5.41 Å². The lowest BCUT2D eigenvalue weighted by Gasteiger charge is -2.41. The second-order valence-corrected chi connectivity index (χ2v) is 5.56. The van der Waals surface area contributed by atoms with Crippen LogP contribution < -0.4 is 10.6 Å². The van der Waals surface area contributed by atoms with Crippen molar-refractivity contribution >= 4 is 11.5 Å². The van der Waals surface area contributed by atoms with Crippen LogP contribution in [0.4, 0.5) is 11.5 Å². The number of hydrogen-bond acceptors (Lipinski definition) is 3. The molecule has 1 aromatic rings. The maximum Gasteiger partial charge on any atom is 0.152 e. The molecule has 0 unspecified atom stereocenters. The van der Waals surface area contributed by atoms with Crippen molar-refractivity contribution in [3.8, 4) is 0 Å². The van der Waals surface area contributed by atoms with Crippen LogP contribution in [0.25, 0.3) is 0 Å². The van der Waals surface area contributed by atoms with E-state index in [9.17, 15) is 0 Å². The zero-order valence-electron chi connectivity index (χ0n) is 11.9. The highest BCUT2D eigenvalue weighted by molar-refractivity contribution is 5.66. The normalized spacial score (nSPS) is 18.9. The smallest absolute Gasteiger partial charge is 0.152 e. The SMILES string of the molecule is CCC1(CC)CCN(c2nccc(C)c2N)CC1. The zero-order valence-corrected chi connectivity index (χ0v) is 11.9. The summed E-state index contributed by atoms with van der Waals surface area (Å²) in [5.74, 6) is 0.982. The molecule has 0 aromatic carbocycles. The number of nitrogen functional groups attached to an aromatic ring is 1. The summed E-state index contributed by atoms with van der Waals surface area (Å²) in [7, 11) is 0. The summed E-state index contributed by atoms with van der Waals surface area (Å²) in [5.41, 5.74) is 8.67. The van der Waals surface area contributed by atoms with E-state index in [-0.39, 0.29) is 0 Å². The van der Waals surface area contributed by atoms with Gasteiger partial charge in [-0.1, -0.05) is 26.7 Å². The van der Waals surface area contributed by atoms with Gasteiger partial charge in [-0.25, -0.2) is 4.98 Å². The highest BCUT2D eigenvalue weighted by Crippen LogP contribution is 2.39. The number of hydrogen-bond donors (Lipinski definition) is 1. The van der Waals surface area contributed by atoms with Crippen molar-refractivity contribution < 1.29 is 0 Å². The van der Waals surface area contributed by atoms with Crippen molar-refractivity contribution in [2.45, 2.75) is 46.5 Å². The number of nitrogens with two attached hydrogens (primary N) is 1. The summed E-state index contributed by atoms with van der Waals surface area (Å²) >= 11 is 0. The molecule has 0 saturated carbocycles. The van der Waals surface area contributed by atoms with Crippen LogP contribution in [0.2, 0.25) is 0 Å². The van der Waals surface area contributed by atoms with Crippen LogP contribution >= 0.6 is 0 Å². The summed E-state index contributed by atoms with van der Waals surface area (Å²) in [6.45, 7) is 8.86. The van der Waals surface area contributed by atoms with E-state index >= 15 is 0 Å². The number of piperidine rings is 1. The third-order valence-corrected chi connectivity index (χ3v) is 4.81. The molecule has 1 aliphatic heterocycles. The van der Waals surface area contributed by atoms with E-state index in [0.717, 1.165) is 30.2 Å². The number of nitrogens with zero attached hydrogens (tertiary/aromatic N) is 2. The average molecular weight is 247 g/mol. The average Bonchev–Trinajstić information content (AvgIpc) is 2.42. The molecule has 2 N–H and O–H groups in total. The molecule has 100 valence electrons. The van der Waals surface area contributed by atoms with Gasteiger partial charge in [-0.2, -0.15) is 0 Å². The Morgan fingerprint density at radius 2 is 1.89 bits per heavy atom. The maximum atomic E-state index is 6.14. The number of aromatic nitrogens is 1. The van der Waals surface area contributed by atoms with Crippen LogP contribution in [0.1, 0.15) is 45.1 Å². The van der Waals surface area contributed by atoms with Gasteiger partial charge in [-0.15, -0.1) is 0 Å². The first-order valence-corrected chi connectivity index (χ1v) is 7.08. The van der Waals surface area contributed by atoms with Crippen molar-refractivity contribution in [2.75, 3.05) is 23.7 Å². The minimum absolute atomic E-state index is 0.551. The summed E-state index contributed by atoms with van der Waals surface area (Å²) in [6.07, 6.45) is 6.95. The highest BCUT2D eigenvalue weighted by Gasteiger charge is 2.32. The Morgan fingerprint density at radius 1 is 1.28 bits per heavy atom. The fraction of sp³-hybridized carbons (Fsp3) is 0.667. The van der Waals surface area contributed by atoms with Gasteiger partial charge in [0.15, 0.2) is 5.82 Å². The van der Waals surface area contributed by atoms with Gasteiger partial charge in [-0.3, -0.25) is 0 Å². The molecule has 0 spiro atoms. The van der Waals surface area contributed by atoms with Gasteiger partial charge >= 0.3 is 0 Å². The Morgan fingerprint density at radius 3 is 2.44 bits per heavy atom. The lowest BCUT2D eigenvalue weighted by Crippen LogP contribution is -2.40. The number of rotatable bonds is 3. The Balaban J connectivity index is 2.12. The van der Waals surface area contributed by atoms with Crippen molar-refractivity contribution in [2.24, 2.45) is 5.41 Å². The molecule has 1 fully saturated rings. The standard InChI is InChI=1S/C15H25N3/c1-4-15(5-2)7-10-18(11-8-15)14-13(16)12(3)6-9-17-14/h6,9H,4-5,7-8,10-11,16H2,1-3H3. The van der Waals surface area contributed by atoms with Crippen molar-refractivity contribution in [1.29, 1.82) is 0 Å². The van der Waals surface area contributed by atoms with E-state index in [1.807, 2.05) is 19.2 Å². The predicted molar refractivity (Wildman–Crippen MR) is 77.8 cm³/mol. The Bertz CT molecular complexity index is 400. The van der Waals surface area contributed by atoms with Crippen LogP contribution in [0.15, 0.2) is 12.3 Å². The van der Waals surface area contributed by atoms with Gasteiger partial charge in [0, 0.05) is 19.3 Å². The van der Waals surface area contributed by atoms with Crippen LogP contribution in [-0.2, 0) is 0 Å². The molecular formula is C15H25N3. The molecule has 0 aliphatic carbocycles. The topological polar surface area (TPSA) is 42.2 Å². The van der Waals surface area contributed by atoms with E-state index in [1.54, 1.807) is 0 Å².